The highest BCUT2D eigenvalue weighted by atomic mass is 32.2. The zero-order chi connectivity index (χ0) is 18.7. The van der Waals surface area contributed by atoms with E-state index in [0.29, 0.717) is 0 Å². The molecular weight excluding hydrogens is 360 g/mol. The van der Waals surface area contributed by atoms with E-state index in [1.807, 2.05) is 47.3 Å². The summed E-state index contributed by atoms with van der Waals surface area (Å²) in [5, 5.41) is 8.59. The molecule has 0 aliphatic heterocycles. The van der Waals surface area contributed by atoms with E-state index in [-0.39, 0.29) is 17.0 Å². The molecule has 0 amide bonds. The average molecular weight is 382 g/mol. The summed E-state index contributed by atoms with van der Waals surface area (Å²) in [5.74, 6) is 0. The fraction of sp³-hybridized carbons (Fsp3) is 0.300. The van der Waals surface area contributed by atoms with Crippen LogP contribution < -0.4 is 4.72 Å². The van der Waals surface area contributed by atoms with Crippen molar-refractivity contribution < 1.29 is 8.42 Å². The molecule has 140 valence electrons. The van der Waals surface area contributed by atoms with Crippen LogP contribution in [0.15, 0.2) is 71.8 Å². The van der Waals surface area contributed by atoms with Crippen molar-refractivity contribution in [3.05, 3.63) is 66.9 Å². The third-order valence-corrected chi connectivity index (χ3v) is 6.51. The van der Waals surface area contributed by atoms with Crippen molar-refractivity contribution in [3.8, 4) is 11.3 Å². The van der Waals surface area contributed by atoms with Crippen LogP contribution in [0, 0.1) is 0 Å². The van der Waals surface area contributed by atoms with Crippen LogP contribution in [0.2, 0.25) is 0 Å². The monoisotopic (exact) mass is 382 g/mol. The second kappa shape index (κ2) is 7.62. The quantitative estimate of drug-likeness (QED) is 0.734. The summed E-state index contributed by atoms with van der Waals surface area (Å²) in [6, 6.07) is 18.1. The maximum atomic E-state index is 12.7. The molecule has 7 heteroatoms. The van der Waals surface area contributed by atoms with Gasteiger partial charge in [0.05, 0.1) is 17.1 Å². The number of aromatic nitrogens is 3. The Hall–Kier alpha value is -2.51. The summed E-state index contributed by atoms with van der Waals surface area (Å²) >= 11 is 0. The Kier molecular flexibility index (Phi) is 5.05. The van der Waals surface area contributed by atoms with Crippen molar-refractivity contribution >= 4 is 10.0 Å². The highest BCUT2D eigenvalue weighted by molar-refractivity contribution is 7.89. The zero-order valence-electron chi connectivity index (χ0n) is 14.9. The highest BCUT2D eigenvalue weighted by Gasteiger charge is 2.31. The van der Waals surface area contributed by atoms with Crippen molar-refractivity contribution in [2.24, 2.45) is 0 Å². The van der Waals surface area contributed by atoms with Crippen LogP contribution in [0.1, 0.15) is 31.7 Å². The van der Waals surface area contributed by atoms with Crippen LogP contribution in [0.5, 0.6) is 0 Å². The molecule has 1 aromatic heterocycles. The van der Waals surface area contributed by atoms with E-state index >= 15 is 0 Å². The topological polar surface area (TPSA) is 76.9 Å². The van der Waals surface area contributed by atoms with Crippen LogP contribution in [0.25, 0.3) is 11.3 Å². The lowest BCUT2D eigenvalue weighted by atomic mass is 9.91. The minimum atomic E-state index is -3.56. The van der Waals surface area contributed by atoms with Gasteiger partial charge in [-0.1, -0.05) is 66.6 Å². The first kappa shape index (κ1) is 17.9. The molecule has 0 saturated heterocycles. The SMILES string of the molecule is O=S(=O)(NC1CCCCC1n1cc(-c2ccccc2)nn1)c1ccccc1. The van der Waals surface area contributed by atoms with E-state index < -0.39 is 10.0 Å². The Morgan fingerprint density at radius 1 is 0.926 bits per heavy atom. The molecule has 0 bridgehead atoms. The fourth-order valence-electron chi connectivity index (χ4n) is 3.61. The molecule has 1 heterocycles. The molecule has 0 radical (unpaired) electrons. The van der Waals surface area contributed by atoms with Gasteiger partial charge in [0.15, 0.2) is 0 Å². The molecule has 27 heavy (non-hydrogen) atoms. The predicted molar refractivity (Wildman–Crippen MR) is 104 cm³/mol. The van der Waals surface area contributed by atoms with E-state index in [2.05, 4.69) is 15.0 Å². The van der Waals surface area contributed by atoms with Gasteiger partial charge in [-0.3, -0.25) is 0 Å². The van der Waals surface area contributed by atoms with E-state index in [0.717, 1.165) is 36.9 Å². The van der Waals surface area contributed by atoms with Crippen LogP contribution >= 0.6 is 0 Å². The third kappa shape index (κ3) is 3.94. The summed E-state index contributed by atoms with van der Waals surface area (Å²) in [6.45, 7) is 0. The molecule has 1 fully saturated rings. The van der Waals surface area contributed by atoms with Gasteiger partial charge in [0.1, 0.15) is 5.69 Å². The first-order chi connectivity index (χ1) is 13.1. The molecular formula is C20H22N4O2S. The van der Waals surface area contributed by atoms with Crippen LogP contribution in [-0.2, 0) is 10.0 Å². The van der Waals surface area contributed by atoms with E-state index in [9.17, 15) is 8.42 Å². The van der Waals surface area contributed by atoms with Crippen molar-refractivity contribution in [3.63, 3.8) is 0 Å². The van der Waals surface area contributed by atoms with Crippen molar-refractivity contribution in [1.29, 1.82) is 0 Å². The first-order valence-electron chi connectivity index (χ1n) is 9.18. The highest BCUT2D eigenvalue weighted by Crippen LogP contribution is 2.30. The smallest absolute Gasteiger partial charge is 0.240 e. The van der Waals surface area contributed by atoms with Crippen molar-refractivity contribution in [1.82, 2.24) is 19.7 Å². The second-order valence-corrected chi connectivity index (χ2v) is 8.56. The molecule has 0 spiro atoms. The molecule has 2 aromatic carbocycles. The summed E-state index contributed by atoms with van der Waals surface area (Å²) in [4.78, 5) is 0.290. The molecule has 1 N–H and O–H groups in total. The van der Waals surface area contributed by atoms with E-state index in [1.165, 1.54) is 0 Å². The van der Waals surface area contributed by atoms with Crippen LogP contribution in [0.4, 0.5) is 0 Å². The Labute approximate surface area is 159 Å². The molecule has 3 aromatic rings. The molecule has 2 unspecified atom stereocenters. The maximum absolute atomic E-state index is 12.7. The molecule has 4 rings (SSSR count). The van der Waals surface area contributed by atoms with Crippen molar-refractivity contribution in [2.75, 3.05) is 0 Å². The number of rotatable bonds is 5. The van der Waals surface area contributed by atoms with Gasteiger partial charge in [0.25, 0.3) is 0 Å². The normalized spacial score (nSPS) is 20.4. The zero-order valence-corrected chi connectivity index (χ0v) is 15.7. The Bertz CT molecular complexity index is 987. The van der Waals surface area contributed by atoms with Gasteiger partial charge in [-0.2, -0.15) is 0 Å². The van der Waals surface area contributed by atoms with Crippen LogP contribution in [-0.4, -0.2) is 29.5 Å². The predicted octanol–water partition coefficient (Wildman–Crippen LogP) is 3.41. The minimum Gasteiger partial charge on any atom is -0.247 e. The number of sulfonamides is 1. The molecule has 1 saturated carbocycles. The van der Waals surface area contributed by atoms with Crippen molar-refractivity contribution in [2.45, 2.75) is 42.7 Å². The summed E-state index contributed by atoms with van der Waals surface area (Å²) in [6.07, 6.45) is 5.62. The molecule has 1 aliphatic carbocycles. The van der Waals surface area contributed by atoms with Gasteiger partial charge in [-0.25, -0.2) is 17.8 Å². The fourth-order valence-corrected chi connectivity index (χ4v) is 4.94. The van der Waals surface area contributed by atoms with Gasteiger partial charge < -0.3 is 0 Å². The summed E-state index contributed by atoms with van der Waals surface area (Å²) in [5.41, 5.74) is 1.80. The van der Waals surface area contributed by atoms with Gasteiger partial charge in [0.2, 0.25) is 10.0 Å². The number of nitrogens with one attached hydrogen (secondary N) is 1. The second-order valence-electron chi connectivity index (χ2n) is 6.84. The Balaban J connectivity index is 1.57. The maximum Gasteiger partial charge on any atom is 0.240 e. The van der Waals surface area contributed by atoms with Gasteiger partial charge in [-0.15, -0.1) is 5.10 Å². The molecule has 2 atom stereocenters. The third-order valence-electron chi connectivity index (χ3n) is 5.01. The van der Waals surface area contributed by atoms with Gasteiger partial charge in [-0.05, 0) is 25.0 Å². The van der Waals surface area contributed by atoms with Gasteiger partial charge >= 0.3 is 0 Å². The first-order valence-corrected chi connectivity index (χ1v) is 10.7. The molecule has 6 nitrogen and oxygen atoms in total. The van der Waals surface area contributed by atoms with E-state index in [1.54, 1.807) is 24.3 Å². The summed E-state index contributed by atoms with van der Waals surface area (Å²) < 4.78 is 30.2. The van der Waals surface area contributed by atoms with Gasteiger partial charge in [0, 0.05) is 11.6 Å². The van der Waals surface area contributed by atoms with Crippen LogP contribution in [0.3, 0.4) is 0 Å². The Morgan fingerprint density at radius 3 is 2.33 bits per heavy atom. The lowest BCUT2D eigenvalue weighted by Crippen LogP contribution is -2.43. The minimum absolute atomic E-state index is 0.0396. The lowest BCUT2D eigenvalue weighted by molar-refractivity contribution is 0.267. The molecule has 1 aliphatic rings. The number of hydrogen-bond donors (Lipinski definition) is 1. The number of benzene rings is 2. The number of nitrogens with zero attached hydrogens (tertiary/aromatic N) is 3. The number of hydrogen-bond acceptors (Lipinski definition) is 4. The average Bonchev–Trinajstić information content (AvgIpc) is 3.20. The largest absolute Gasteiger partial charge is 0.247 e. The lowest BCUT2D eigenvalue weighted by Gasteiger charge is -2.31. The Morgan fingerprint density at radius 2 is 1.59 bits per heavy atom. The van der Waals surface area contributed by atoms with E-state index in [4.69, 9.17) is 0 Å². The summed E-state index contributed by atoms with van der Waals surface area (Å²) in [7, 11) is -3.56. The standard InChI is InChI=1S/C20H22N4O2S/c25-27(26,17-11-5-2-6-12-17)22-18-13-7-8-14-20(18)24-15-19(21-23-24)16-9-3-1-4-10-16/h1-6,9-12,15,18,20,22H,7-8,13-14H2.